The average molecular weight is 253 g/mol. The van der Waals surface area contributed by atoms with Crippen LogP contribution in [0.1, 0.15) is 13.3 Å². The van der Waals surface area contributed by atoms with E-state index in [2.05, 4.69) is 10.5 Å². The monoisotopic (exact) mass is 253 g/mol. The molecule has 1 unspecified atom stereocenters. The molecule has 0 saturated carbocycles. The number of rotatable bonds is 6. The van der Waals surface area contributed by atoms with Crippen molar-refractivity contribution in [2.24, 2.45) is 10.9 Å². The van der Waals surface area contributed by atoms with E-state index in [0.29, 0.717) is 17.9 Å². The summed E-state index contributed by atoms with van der Waals surface area (Å²) in [4.78, 5) is 0. The molecule has 18 heavy (non-hydrogen) atoms. The predicted octanol–water partition coefficient (Wildman–Crippen LogP) is 1.64. The molecular weight excluding hydrogens is 234 g/mol. The normalized spacial score (nSPS) is 12.9. The summed E-state index contributed by atoms with van der Waals surface area (Å²) in [5.41, 5.74) is 6.33. The summed E-state index contributed by atoms with van der Waals surface area (Å²) < 4.78 is 10.4. The topological polar surface area (TPSA) is 89.1 Å². The summed E-state index contributed by atoms with van der Waals surface area (Å²) in [7, 11) is 3.17. The average Bonchev–Trinajstić information content (AvgIpc) is 2.43. The summed E-state index contributed by atoms with van der Waals surface area (Å²) in [6, 6.07) is 5.12. The van der Waals surface area contributed by atoms with Gasteiger partial charge in [-0.15, -0.1) is 0 Å². The molecule has 0 aliphatic carbocycles. The molecule has 6 heteroatoms. The highest BCUT2D eigenvalue weighted by atomic mass is 16.5. The van der Waals surface area contributed by atoms with Crippen molar-refractivity contribution in [3.8, 4) is 11.5 Å². The van der Waals surface area contributed by atoms with Crippen LogP contribution < -0.4 is 20.5 Å². The van der Waals surface area contributed by atoms with Gasteiger partial charge in [0.05, 0.1) is 25.9 Å². The number of oxime groups is 1. The molecule has 0 aliphatic rings. The molecule has 4 N–H and O–H groups in total. The first-order valence-corrected chi connectivity index (χ1v) is 5.62. The Kier molecular flexibility index (Phi) is 5.10. The Morgan fingerprint density at radius 3 is 2.67 bits per heavy atom. The van der Waals surface area contributed by atoms with Gasteiger partial charge in [-0.1, -0.05) is 12.1 Å². The van der Waals surface area contributed by atoms with Crippen LogP contribution in [-0.2, 0) is 0 Å². The van der Waals surface area contributed by atoms with Gasteiger partial charge in [-0.2, -0.15) is 0 Å². The largest absolute Gasteiger partial charge is 0.497 e. The third-order valence-electron chi connectivity index (χ3n) is 2.62. The van der Waals surface area contributed by atoms with Gasteiger partial charge in [-0.05, 0) is 18.6 Å². The SMILES string of the molecule is CCC(Nc1cc(OC)ccc1OC)C(N)=NO. The third-order valence-corrected chi connectivity index (χ3v) is 2.62. The standard InChI is InChI=1S/C12H19N3O3/c1-4-9(12(13)15-16)14-10-7-8(17-2)5-6-11(10)18-3/h5-7,9,14,16H,4H2,1-3H3,(H2,13,15). The number of amidine groups is 1. The number of ether oxygens (including phenoxy) is 2. The molecule has 0 bridgehead atoms. The highest BCUT2D eigenvalue weighted by molar-refractivity contribution is 5.88. The van der Waals surface area contributed by atoms with Gasteiger partial charge in [-0.25, -0.2) is 0 Å². The highest BCUT2D eigenvalue weighted by Crippen LogP contribution is 2.29. The molecule has 0 amide bonds. The molecule has 0 heterocycles. The summed E-state index contributed by atoms with van der Waals surface area (Å²) >= 11 is 0. The number of nitrogens with zero attached hydrogens (tertiary/aromatic N) is 1. The van der Waals surface area contributed by atoms with E-state index in [9.17, 15) is 0 Å². The lowest BCUT2D eigenvalue weighted by Crippen LogP contribution is -2.35. The van der Waals surface area contributed by atoms with E-state index in [4.69, 9.17) is 20.4 Å². The fourth-order valence-electron chi connectivity index (χ4n) is 1.57. The summed E-state index contributed by atoms with van der Waals surface area (Å²) in [6.07, 6.45) is 0.677. The quantitative estimate of drug-likeness (QED) is 0.310. The first kappa shape index (κ1) is 14.0. The van der Waals surface area contributed by atoms with E-state index < -0.39 is 0 Å². The number of benzene rings is 1. The van der Waals surface area contributed by atoms with Crippen LogP contribution in [0.5, 0.6) is 11.5 Å². The van der Waals surface area contributed by atoms with Gasteiger partial charge in [0.1, 0.15) is 11.5 Å². The molecule has 1 aromatic rings. The van der Waals surface area contributed by atoms with Crippen molar-refractivity contribution >= 4 is 11.5 Å². The van der Waals surface area contributed by atoms with Crippen LogP contribution in [-0.4, -0.2) is 31.3 Å². The molecule has 0 spiro atoms. The molecule has 1 atom stereocenters. The minimum absolute atomic E-state index is 0.127. The molecule has 0 saturated heterocycles. The summed E-state index contributed by atoms with van der Waals surface area (Å²) in [5.74, 6) is 1.50. The van der Waals surface area contributed by atoms with Crippen LogP contribution in [0.15, 0.2) is 23.4 Å². The van der Waals surface area contributed by atoms with Crippen molar-refractivity contribution in [2.45, 2.75) is 19.4 Å². The molecule has 0 fully saturated rings. The Bertz CT molecular complexity index is 421. The van der Waals surface area contributed by atoms with E-state index in [1.165, 1.54) is 0 Å². The van der Waals surface area contributed by atoms with Crippen molar-refractivity contribution in [1.82, 2.24) is 0 Å². The zero-order valence-corrected chi connectivity index (χ0v) is 10.8. The Morgan fingerprint density at radius 2 is 2.17 bits per heavy atom. The zero-order valence-electron chi connectivity index (χ0n) is 10.8. The minimum Gasteiger partial charge on any atom is -0.497 e. The van der Waals surface area contributed by atoms with Crippen LogP contribution in [0.3, 0.4) is 0 Å². The fraction of sp³-hybridized carbons (Fsp3) is 0.417. The van der Waals surface area contributed by atoms with E-state index >= 15 is 0 Å². The van der Waals surface area contributed by atoms with Crippen molar-refractivity contribution < 1.29 is 14.7 Å². The van der Waals surface area contributed by atoms with Crippen molar-refractivity contribution in [3.05, 3.63) is 18.2 Å². The van der Waals surface area contributed by atoms with Gasteiger partial charge >= 0.3 is 0 Å². The summed E-state index contributed by atoms with van der Waals surface area (Å²) in [5, 5.41) is 14.9. The maximum atomic E-state index is 8.71. The Balaban J connectivity index is 2.99. The van der Waals surface area contributed by atoms with E-state index in [-0.39, 0.29) is 11.9 Å². The van der Waals surface area contributed by atoms with Crippen LogP contribution in [0.4, 0.5) is 5.69 Å². The summed E-state index contributed by atoms with van der Waals surface area (Å²) in [6.45, 7) is 1.93. The first-order chi connectivity index (χ1) is 8.65. The lowest BCUT2D eigenvalue weighted by atomic mass is 10.2. The molecule has 1 aromatic carbocycles. The number of hydrogen-bond acceptors (Lipinski definition) is 5. The molecule has 100 valence electrons. The Morgan fingerprint density at radius 1 is 1.44 bits per heavy atom. The number of anilines is 1. The first-order valence-electron chi connectivity index (χ1n) is 5.62. The minimum atomic E-state index is -0.268. The second-order valence-electron chi connectivity index (χ2n) is 3.70. The lowest BCUT2D eigenvalue weighted by Gasteiger charge is -2.19. The van der Waals surface area contributed by atoms with Crippen molar-refractivity contribution in [2.75, 3.05) is 19.5 Å². The Labute approximate surface area is 106 Å². The molecule has 0 aromatic heterocycles. The van der Waals surface area contributed by atoms with Crippen molar-refractivity contribution in [1.29, 1.82) is 0 Å². The molecule has 0 radical (unpaired) electrons. The van der Waals surface area contributed by atoms with Gasteiger partial charge in [0, 0.05) is 6.07 Å². The smallest absolute Gasteiger partial charge is 0.161 e. The van der Waals surface area contributed by atoms with Gasteiger partial charge in [0.2, 0.25) is 0 Å². The molecule has 6 nitrogen and oxygen atoms in total. The zero-order chi connectivity index (χ0) is 13.5. The van der Waals surface area contributed by atoms with Gasteiger partial charge < -0.3 is 25.7 Å². The molecule has 1 rings (SSSR count). The number of nitrogens with two attached hydrogens (primary N) is 1. The second kappa shape index (κ2) is 6.58. The third kappa shape index (κ3) is 3.19. The molecular formula is C12H19N3O3. The highest BCUT2D eigenvalue weighted by Gasteiger charge is 2.14. The molecule has 0 aliphatic heterocycles. The maximum absolute atomic E-state index is 8.71. The lowest BCUT2D eigenvalue weighted by molar-refractivity contribution is 0.316. The maximum Gasteiger partial charge on any atom is 0.161 e. The van der Waals surface area contributed by atoms with Crippen LogP contribution in [0.25, 0.3) is 0 Å². The number of methoxy groups -OCH3 is 2. The van der Waals surface area contributed by atoms with Crippen LogP contribution in [0.2, 0.25) is 0 Å². The van der Waals surface area contributed by atoms with Gasteiger partial charge in [0.25, 0.3) is 0 Å². The van der Waals surface area contributed by atoms with E-state index in [0.717, 1.165) is 5.69 Å². The van der Waals surface area contributed by atoms with Crippen molar-refractivity contribution in [3.63, 3.8) is 0 Å². The predicted molar refractivity (Wildman–Crippen MR) is 70.7 cm³/mol. The van der Waals surface area contributed by atoms with Crippen LogP contribution >= 0.6 is 0 Å². The number of hydrogen-bond donors (Lipinski definition) is 3. The fourth-order valence-corrected chi connectivity index (χ4v) is 1.57. The van der Waals surface area contributed by atoms with E-state index in [1.54, 1.807) is 32.4 Å². The van der Waals surface area contributed by atoms with E-state index in [1.807, 2.05) is 6.92 Å². The number of nitrogens with one attached hydrogen (secondary N) is 1. The van der Waals surface area contributed by atoms with Gasteiger partial charge in [-0.3, -0.25) is 0 Å². The van der Waals surface area contributed by atoms with Crippen LogP contribution in [0, 0.1) is 0 Å². The Hall–Kier alpha value is -2.11. The van der Waals surface area contributed by atoms with Gasteiger partial charge in [0.15, 0.2) is 5.84 Å². The second-order valence-corrected chi connectivity index (χ2v) is 3.70.